The molecule has 8 nitrogen and oxygen atoms in total. The number of piperidine rings is 3. The second-order valence-corrected chi connectivity index (χ2v) is 7.22. The van der Waals surface area contributed by atoms with Gasteiger partial charge in [-0.05, 0) is 59.9 Å². The van der Waals surface area contributed by atoms with E-state index in [0.717, 1.165) is 32.5 Å². The quantitative estimate of drug-likeness (QED) is 0.613. The molecule has 9 heteroatoms. The Morgan fingerprint density at radius 2 is 2.17 bits per heavy atom. The standard InChI is InChI=1S/C15H16BrN5O3/c16-9-1-2-10-12(14(9)21(23)24)13(19-18-10)15(22)17-11-7-20-5-3-8(11)4-6-20/h1-2,8,11H,3-7H2,(H,17,22)(H,18,19). The molecule has 1 atom stereocenters. The highest BCUT2D eigenvalue weighted by Crippen LogP contribution is 2.35. The molecule has 0 spiro atoms. The lowest BCUT2D eigenvalue weighted by Gasteiger charge is -2.44. The first-order valence-electron chi connectivity index (χ1n) is 7.89. The van der Waals surface area contributed by atoms with Gasteiger partial charge < -0.3 is 10.2 Å². The van der Waals surface area contributed by atoms with Crippen molar-refractivity contribution in [1.82, 2.24) is 20.4 Å². The molecule has 5 rings (SSSR count). The van der Waals surface area contributed by atoms with Crippen LogP contribution in [0.1, 0.15) is 23.3 Å². The van der Waals surface area contributed by atoms with Crippen molar-refractivity contribution in [2.24, 2.45) is 5.92 Å². The maximum absolute atomic E-state index is 12.7. The molecule has 3 saturated heterocycles. The highest BCUT2D eigenvalue weighted by atomic mass is 79.9. The molecular weight excluding hydrogens is 378 g/mol. The number of nitro benzene ring substituents is 1. The van der Waals surface area contributed by atoms with E-state index in [1.807, 2.05) is 0 Å². The SMILES string of the molecule is O=C(NC1CN2CCC1CC2)c1n[nH]c2ccc(Br)c([N+](=O)[O-])c12. The van der Waals surface area contributed by atoms with Crippen molar-refractivity contribution < 1.29 is 9.72 Å². The molecule has 3 aliphatic rings. The zero-order valence-corrected chi connectivity index (χ0v) is 14.4. The van der Waals surface area contributed by atoms with Gasteiger partial charge in [-0.15, -0.1) is 0 Å². The molecule has 3 aliphatic heterocycles. The number of aromatic amines is 1. The van der Waals surface area contributed by atoms with E-state index in [1.165, 1.54) is 0 Å². The number of nitro groups is 1. The third kappa shape index (κ3) is 2.48. The van der Waals surface area contributed by atoms with E-state index in [-0.39, 0.29) is 28.7 Å². The summed E-state index contributed by atoms with van der Waals surface area (Å²) < 4.78 is 0.332. The Balaban J connectivity index is 1.67. The largest absolute Gasteiger partial charge is 0.346 e. The summed E-state index contributed by atoms with van der Waals surface area (Å²) in [5, 5.41) is 21.4. The molecule has 2 bridgehead atoms. The topological polar surface area (TPSA) is 104 Å². The summed E-state index contributed by atoms with van der Waals surface area (Å²) in [5.74, 6) is 0.118. The monoisotopic (exact) mass is 393 g/mol. The van der Waals surface area contributed by atoms with Crippen molar-refractivity contribution in [2.45, 2.75) is 18.9 Å². The van der Waals surface area contributed by atoms with Crippen molar-refractivity contribution in [3.63, 3.8) is 0 Å². The van der Waals surface area contributed by atoms with Gasteiger partial charge in [-0.25, -0.2) is 0 Å². The summed E-state index contributed by atoms with van der Waals surface area (Å²) in [4.78, 5) is 25.9. The number of fused-ring (bicyclic) bond motifs is 4. The number of carbonyl (C=O) groups is 1. The zero-order chi connectivity index (χ0) is 16.8. The van der Waals surface area contributed by atoms with Crippen molar-refractivity contribution in [2.75, 3.05) is 19.6 Å². The third-order valence-corrected chi connectivity index (χ3v) is 5.66. The summed E-state index contributed by atoms with van der Waals surface area (Å²) in [6.07, 6.45) is 2.16. The fourth-order valence-corrected chi connectivity index (χ4v) is 4.25. The molecule has 126 valence electrons. The lowest BCUT2D eigenvalue weighted by Crippen LogP contribution is -2.57. The maximum Gasteiger partial charge on any atom is 0.295 e. The number of nitrogens with one attached hydrogen (secondary N) is 2. The predicted molar refractivity (Wildman–Crippen MR) is 90.9 cm³/mol. The summed E-state index contributed by atoms with van der Waals surface area (Å²) in [6.45, 7) is 3.01. The first-order valence-corrected chi connectivity index (χ1v) is 8.68. The molecule has 3 fully saturated rings. The lowest BCUT2D eigenvalue weighted by atomic mass is 9.84. The number of nitrogens with zero attached hydrogens (tertiary/aromatic N) is 3. The number of carbonyl (C=O) groups excluding carboxylic acids is 1. The number of amides is 1. The van der Waals surface area contributed by atoms with Gasteiger partial charge in [-0.2, -0.15) is 5.10 Å². The Bertz CT molecular complexity index is 828. The van der Waals surface area contributed by atoms with E-state index in [0.29, 0.717) is 15.9 Å². The van der Waals surface area contributed by atoms with E-state index in [4.69, 9.17) is 0 Å². The van der Waals surface area contributed by atoms with Crippen LogP contribution in [0, 0.1) is 16.0 Å². The number of aromatic nitrogens is 2. The number of halogens is 1. The van der Waals surface area contributed by atoms with Crippen LogP contribution in [0.2, 0.25) is 0 Å². The molecule has 1 aromatic heterocycles. The van der Waals surface area contributed by atoms with E-state index in [2.05, 4.69) is 36.3 Å². The molecule has 1 aromatic carbocycles. The molecule has 2 aromatic rings. The highest BCUT2D eigenvalue weighted by Gasteiger charge is 2.36. The molecule has 4 heterocycles. The van der Waals surface area contributed by atoms with E-state index in [9.17, 15) is 14.9 Å². The number of hydrogen-bond acceptors (Lipinski definition) is 5. The predicted octanol–water partition coefficient (Wildman–Crippen LogP) is 2.06. The smallest absolute Gasteiger partial charge is 0.295 e. The third-order valence-electron chi connectivity index (χ3n) is 5.02. The summed E-state index contributed by atoms with van der Waals surface area (Å²) >= 11 is 3.19. The Morgan fingerprint density at radius 1 is 1.42 bits per heavy atom. The molecule has 2 N–H and O–H groups in total. The van der Waals surface area contributed by atoms with Gasteiger partial charge in [0.25, 0.3) is 11.6 Å². The van der Waals surface area contributed by atoms with E-state index in [1.54, 1.807) is 12.1 Å². The lowest BCUT2D eigenvalue weighted by molar-refractivity contribution is -0.383. The van der Waals surface area contributed by atoms with Crippen molar-refractivity contribution in [3.05, 3.63) is 32.4 Å². The molecule has 1 amide bonds. The molecule has 24 heavy (non-hydrogen) atoms. The Labute approximate surface area is 145 Å². The first kappa shape index (κ1) is 15.5. The number of benzene rings is 1. The van der Waals surface area contributed by atoms with Crippen molar-refractivity contribution >= 4 is 38.4 Å². The van der Waals surface area contributed by atoms with Gasteiger partial charge in [0, 0.05) is 12.6 Å². The van der Waals surface area contributed by atoms with Gasteiger partial charge in [-0.3, -0.25) is 20.0 Å². The second-order valence-electron chi connectivity index (χ2n) is 6.37. The van der Waals surface area contributed by atoms with Crippen molar-refractivity contribution in [3.8, 4) is 0 Å². The van der Waals surface area contributed by atoms with Gasteiger partial charge in [0.1, 0.15) is 5.39 Å². The van der Waals surface area contributed by atoms with Gasteiger partial charge in [-0.1, -0.05) is 0 Å². The van der Waals surface area contributed by atoms with Crippen LogP contribution in [-0.4, -0.2) is 51.6 Å². The van der Waals surface area contributed by atoms with Gasteiger partial charge >= 0.3 is 0 Å². The minimum absolute atomic E-state index is 0.0782. The fraction of sp³-hybridized carbons (Fsp3) is 0.467. The second kappa shape index (κ2) is 5.82. The van der Waals surface area contributed by atoms with Crippen LogP contribution in [0.5, 0.6) is 0 Å². The number of hydrogen-bond donors (Lipinski definition) is 2. The van der Waals surface area contributed by atoms with Crippen LogP contribution in [0.3, 0.4) is 0 Å². The first-order chi connectivity index (χ1) is 11.5. The Kier molecular flexibility index (Phi) is 3.76. The Morgan fingerprint density at radius 3 is 2.79 bits per heavy atom. The highest BCUT2D eigenvalue weighted by molar-refractivity contribution is 9.10. The minimum atomic E-state index is -0.493. The number of H-pyrrole nitrogens is 1. The molecule has 0 saturated carbocycles. The van der Waals surface area contributed by atoms with E-state index < -0.39 is 4.92 Å². The van der Waals surface area contributed by atoms with Crippen LogP contribution in [0.4, 0.5) is 5.69 Å². The molecular formula is C15H16BrN5O3. The van der Waals surface area contributed by atoms with Crippen molar-refractivity contribution in [1.29, 1.82) is 0 Å². The summed E-state index contributed by atoms with van der Waals surface area (Å²) in [5.41, 5.74) is 0.415. The van der Waals surface area contributed by atoms with Crippen LogP contribution in [0.15, 0.2) is 16.6 Å². The normalized spacial score (nSPS) is 25.8. The molecule has 0 radical (unpaired) electrons. The average Bonchev–Trinajstić information content (AvgIpc) is 2.99. The van der Waals surface area contributed by atoms with Crippen LogP contribution < -0.4 is 5.32 Å². The van der Waals surface area contributed by atoms with Gasteiger partial charge in [0.15, 0.2) is 5.69 Å². The fourth-order valence-electron chi connectivity index (χ4n) is 3.78. The van der Waals surface area contributed by atoms with Gasteiger partial charge in [0.05, 0.1) is 14.9 Å². The summed E-state index contributed by atoms with van der Waals surface area (Å²) in [7, 11) is 0. The zero-order valence-electron chi connectivity index (χ0n) is 12.8. The van der Waals surface area contributed by atoms with Crippen LogP contribution >= 0.6 is 15.9 Å². The van der Waals surface area contributed by atoms with Gasteiger partial charge in [0.2, 0.25) is 0 Å². The van der Waals surface area contributed by atoms with Crippen LogP contribution in [-0.2, 0) is 0 Å². The van der Waals surface area contributed by atoms with Crippen LogP contribution in [0.25, 0.3) is 10.9 Å². The Hall–Kier alpha value is -2.00. The number of rotatable bonds is 3. The molecule has 1 unspecified atom stereocenters. The molecule has 0 aliphatic carbocycles. The van der Waals surface area contributed by atoms with E-state index >= 15 is 0 Å². The maximum atomic E-state index is 12.7. The minimum Gasteiger partial charge on any atom is -0.346 e. The summed E-state index contributed by atoms with van der Waals surface area (Å²) in [6, 6.07) is 3.33. The average molecular weight is 394 g/mol.